The summed E-state index contributed by atoms with van der Waals surface area (Å²) in [6.45, 7) is 1.37. The van der Waals surface area contributed by atoms with Crippen LogP contribution >= 0.6 is 11.6 Å². The van der Waals surface area contributed by atoms with E-state index < -0.39 is 5.97 Å². The summed E-state index contributed by atoms with van der Waals surface area (Å²) in [5, 5.41) is 9.54. The van der Waals surface area contributed by atoms with Gasteiger partial charge in [-0.25, -0.2) is 4.79 Å². The van der Waals surface area contributed by atoms with Gasteiger partial charge in [-0.05, 0) is 48.6 Å². The molecular weight excluding hydrogens is 326 g/mol. The number of carbonyl (C=O) groups excluding carboxylic acids is 1. The Morgan fingerprint density at radius 2 is 1.96 bits per heavy atom. The predicted octanol–water partition coefficient (Wildman–Crippen LogP) is 3.74. The first-order valence-electron chi connectivity index (χ1n) is 7.90. The molecule has 1 saturated heterocycles. The quantitative estimate of drug-likeness (QED) is 0.920. The first kappa shape index (κ1) is 16.5. The zero-order chi connectivity index (χ0) is 17.1. The molecule has 4 nitrogen and oxygen atoms in total. The number of carbonyl (C=O) groups is 2. The predicted molar refractivity (Wildman–Crippen MR) is 92.6 cm³/mol. The number of likely N-dealkylation sites (tertiary alicyclic amines) is 1. The molecule has 1 fully saturated rings. The number of carboxylic acid groups (broad SMARTS) is 1. The number of benzene rings is 2. The average molecular weight is 344 g/mol. The van der Waals surface area contributed by atoms with Crippen LogP contribution < -0.4 is 0 Å². The van der Waals surface area contributed by atoms with Crippen LogP contribution in [0.3, 0.4) is 0 Å². The van der Waals surface area contributed by atoms with Crippen LogP contribution in [0.1, 0.15) is 32.7 Å². The van der Waals surface area contributed by atoms with E-state index in [0.717, 1.165) is 18.4 Å². The standard InChI is InChI=1S/C19H18ClNO3/c20-17-7-2-1-6-16(17)18(22)21-9-8-14(12-21)10-13-4-3-5-15(11-13)19(23)24/h1-7,11,14H,8-10,12H2,(H,23,24)/t14-/m0/s1. The van der Waals surface area contributed by atoms with Crippen LogP contribution in [-0.2, 0) is 6.42 Å². The Balaban J connectivity index is 1.65. The lowest BCUT2D eigenvalue weighted by Gasteiger charge is -2.17. The molecule has 1 N–H and O–H groups in total. The minimum absolute atomic E-state index is 0.0395. The molecule has 3 rings (SSSR count). The van der Waals surface area contributed by atoms with Crippen molar-refractivity contribution in [1.29, 1.82) is 0 Å². The Morgan fingerprint density at radius 1 is 1.17 bits per heavy atom. The molecule has 1 atom stereocenters. The monoisotopic (exact) mass is 343 g/mol. The summed E-state index contributed by atoms with van der Waals surface area (Å²) < 4.78 is 0. The van der Waals surface area contributed by atoms with E-state index in [2.05, 4.69) is 0 Å². The van der Waals surface area contributed by atoms with Gasteiger partial charge in [0.1, 0.15) is 0 Å². The number of nitrogens with zero attached hydrogens (tertiary/aromatic N) is 1. The number of halogens is 1. The Morgan fingerprint density at radius 3 is 2.71 bits per heavy atom. The third-order valence-electron chi connectivity index (χ3n) is 4.38. The van der Waals surface area contributed by atoms with Gasteiger partial charge in [0.25, 0.3) is 5.91 Å². The number of hydrogen-bond acceptors (Lipinski definition) is 2. The molecule has 1 aliphatic heterocycles. The van der Waals surface area contributed by atoms with Crippen molar-refractivity contribution in [3.8, 4) is 0 Å². The minimum Gasteiger partial charge on any atom is -0.478 e. The topological polar surface area (TPSA) is 57.6 Å². The van der Waals surface area contributed by atoms with E-state index in [9.17, 15) is 9.59 Å². The second-order valence-corrected chi connectivity index (χ2v) is 6.50. The molecule has 0 unspecified atom stereocenters. The fraction of sp³-hybridized carbons (Fsp3) is 0.263. The first-order chi connectivity index (χ1) is 11.5. The SMILES string of the molecule is O=C(O)c1cccc(C[C@@H]2CCN(C(=O)c3ccccc3Cl)C2)c1. The summed E-state index contributed by atoms with van der Waals surface area (Å²) in [4.78, 5) is 25.5. The summed E-state index contributed by atoms with van der Waals surface area (Å²) >= 11 is 6.11. The molecule has 24 heavy (non-hydrogen) atoms. The number of aromatic carboxylic acids is 1. The largest absolute Gasteiger partial charge is 0.478 e. The Bertz CT molecular complexity index is 775. The van der Waals surface area contributed by atoms with E-state index in [1.54, 1.807) is 36.4 Å². The molecule has 2 aromatic carbocycles. The van der Waals surface area contributed by atoms with Gasteiger partial charge in [-0.3, -0.25) is 4.79 Å². The molecule has 1 amide bonds. The van der Waals surface area contributed by atoms with Crippen LogP contribution in [-0.4, -0.2) is 35.0 Å². The van der Waals surface area contributed by atoms with E-state index >= 15 is 0 Å². The van der Waals surface area contributed by atoms with Crippen molar-refractivity contribution in [1.82, 2.24) is 4.90 Å². The minimum atomic E-state index is -0.918. The maximum absolute atomic E-state index is 12.6. The van der Waals surface area contributed by atoms with E-state index in [0.29, 0.717) is 35.2 Å². The van der Waals surface area contributed by atoms with E-state index in [-0.39, 0.29) is 5.91 Å². The number of rotatable bonds is 4. The van der Waals surface area contributed by atoms with Crippen molar-refractivity contribution in [3.05, 3.63) is 70.2 Å². The van der Waals surface area contributed by atoms with Crippen LogP contribution in [0.25, 0.3) is 0 Å². The van der Waals surface area contributed by atoms with Crippen molar-refractivity contribution in [2.75, 3.05) is 13.1 Å². The number of carboxylic acids is 1. The lowest BCUT2D eigenvalue weighted by molar-refractivity contribution is 0.0696. The van der Waals surface area contributed by atoms with Gasteiger partial charge in [0.15, 0.2) is 0 Å². The van der Waals surface area contributed by atoms with Crippen molar-refractivity contribution in [3.63, 3.8) is 0 Å². The van der Waals surface area contributed by atoms with Gasteiger partial charge in [-0.15, -0.1) is 0 Å². The van der Waals surface area contributed by atoms with Crippen LogP contribution in [0.15, 0.2) is 48.5 Å². The maximum atomic E-state index is 12.6. The maximum Gasteiger partial charge on any atom is 0.335 e. The molecule has 0 radical (unpaired) electrons. The van der Waals surface area contributed by atoms with Gasteiger partial charge >= 0.3 is 5.97 Å². The fourth-order valence-corrected chi connectivity index (χ4v) is 3.37. The Kier molecular flexibility index (Phi) is 4.86. The zero-order valence-electron chi connectivity index (χ0n) is 13.1. The van der Waals surface area contributed by atoms with Crippen molar-refractivity contribution in [2.24, 2.45) is 5.92 Å². The Labute approximate surface area is 145 Å². The van der Waals surface area contributed by atoms with Gasteiger partial charge in [-0.1, -0.05) is 35.9 Å². The highest BCUT2D eigenvalue weighted by Crippen LogP contribution is 2.25. The van der Waals surface area contributed by atoms with Gasteiger partial charge < -0.3 is 10.0 Å². The van der Waals surface area contributed by atoms with E-state index in [1.807, 2.05) is 17.0 Å². The molecule has 5 heteroatoms. The molecule has 0 aromatic heterocycles. The molecule has 1 heterocycles. The summed E-state index contributed by atoms with van der Waals surface area (Å²) in [5.41, 5.74) is 1.83. The van der Waals surface area contributed by atoms with E-state index in [4.69, 9.17) is 16.7 Å². The van der Waals surface area contributed by atoms with E-state index in [1.165, 1.54) is 0 Å². The van der Waals surface area contributed by atoms with Crippen LogP contribution in [0.2, 0.25) is 5.02 Å². The Hall–Kier alpha value is -2.33. The number of amides is 1. The summed E-state index contributed by atoms with van der Waals surface area (Å²) in [6.07, 6.45) is 1.68. The second-order valence-electron chi connectivity index (χ2n) is 6.10. The lowest BCUT2D eigenvalue weighted by atomic mass is 9.97. The summed E-state index contributed by atoms with van der Waals surface area (Å²) in [7, 11) is 0. The van der Waals surface area contributed by atoms with Crippen LogP contribution in [0.4, 0.5) is 0 Å². The normalized spacial score (nSPS) is 17.0. The lowest BCUT2D eigenvalue weighted by Crippen LogP contribution is -2.29. The van der Waals surface area contributed by atoms with Crippen molar-refractivity contribution >= 4 is 23.5 Å². The summed E-state index contributed by atoms with van der Waals surface area (Å²) in [5.74, 6) is -0.623. The third kappa shape index (κ3) is 3.60. The molecular formula is C19H18ClNO3. The van der Waals surface area contributed by atoms with Crippen LogP contribution in [0.5, 0.6) is 0 Å². The first-order valence-corrected chi connectivity index (χ1v) is 8.28. The third-order valence-corrected chi connectivity index (χ3v) is 4.71. The van der Waals surface area contributed by atoms with Gasteiger partial charge in [-0.2, -0.15) is 0 Å². The second kappa shape index (κ2) is 7.05. The van der Waals surface area contributed by atoms with Crippen LogP contribution in [0, 0.1) is 5.92 Å². The molecule has 1 aliphatic rings. The smallest absolute Gasteiger partial charge is 0.335 e. The average Bonchev–Trinajstić information content (AvgIpc) is 3.03. The molecule has 0 bridgehead atoms. The fourth-order valence-electron chi connectivity index (χ4n) is 3.15. The number of hydrogen-bond donors (Lipinski definition) is 1. The molecule has 0 aliphatic carbocycles. The zero-order valence-corrected chi connectivity index (χ0v) is 13.9. The van der Waals surface area contributed by atoms with Gasteiger partial charge in [0, 0.05) is 13.1 Å². The highest BCUT2D eigenvalue weighted by molar-refractivity contribution is 6.33. The van der Waals surface area contributed by atoms with Gasteiger partial charge in [0.05, 0.1) is 16.1 Å². The highest BCUT2D eigenvalue weighted by Gasteiger charge is 2.28. The van der Waals surface area contributed by atoms with Crippen molar-refractivity contribution in [2.45, 2.75) is 12.8 Å². The molecule has 124 valence electrons. The summed E-state index contributed by atoms with van der Waals surface area (Å²) in [6, 6.07) is 14.1. The van der Waals surface area contributed by atoms with Crippen molar-refractivity contribution < 1.29 is 14.7 Å². The van der Waals surface area contributed by atoms with Gasteiger partial charge in [0.2, 0.25) is 0 Å². The highest BCUT2D eigenvalue weighted by atomic mass is 35.5. The molecule has 2 aromatic rings. The molecule has 0 spiro atoms. The molecule has 0 saturated carbocycles.